The van der Waals surface area contributed by atoms with E-state index in [9.17, 15) is 9.59 Å². The van der Waals surface area contributed by atoms with Crippen LogP contribution in [0, 0.1) is 0 Å². The molecule has 0 N–H and O–H groups in total. The normalized spacial score (nSPS) is 15.7. The number of carbonyl (C=O) groups is 2. The van der Waals surface area contributed by atoms with Crippen LogP contribution < -0.4 is 9.64 Å². The van der Waals surface area contributed by atoms with Crippen molar-refractivity contribution in [1.82, 2.24) is 0 Å². The molecule has 1 aromatic carbocycles. The highest BCUT2D eigenvalue weighted by atomic mass is 16.5. The molecule has 84 valence electrons. The maximum atomic E-state index is 11.6. The van der Waals surface area contributed by atoms with Gasteiger partial charge in [0.2, 0.25) is 11.8 Å². The number of amides is 2. The van der Waals surface area contributed by atoms with Crippen LogP contribution in [0.2, 0.25) is 0 Å². The highest BCUT2D eigenvalue weighted by Gasteiger charge is 2.31. The van der Waals surface area contributed by atoms with Crippen molar-refractivity contribution in [1.29, 1.82) is 0 Å². The van der Waals surface area contributed by atoms with E-state index < -0.39 is 0 Å². The molecule has 0 saturated carbocycles. The third kappa shape index (κ3) is 1.78. The SMILES string of the molecule is CCOc1ccccc1N1C(=O)CCC1=O. The van der Waals surface area contributed by atoms with Gasteiger partial charge in [0.05, 0.1) is 12.3 Å². The number of carbonyl (C=O) groups excluding carboxylic acids is 2. The van der Waals surface area contributed by atoms with Gasteiger partial charge in [-0.2, -0.15) is 0 Å². The lowest BCUT2D eigenvalue weighted by molar-refractivity contribution is -0.121. The van der Waals surface area contributed by atoms with E-state index in [0.717, 1.165) is 0 Å². The summed E-state index contributed by atoms with van der Waals surface area (Å²) < 4.78 is 5.40. The summed E-state index contributed by atoms with van der Waals surface area (Å²) in [6, 6.07) is 7.10. The van der Waals surface area contributed by atoms with Crippen molar-refractivity contribution < 1.29 is 14.3 Å². The third-order valence-electron chi connectivity index (χ3n) is 2.46. The van der Waals surface area contributed by atoms with Gasteiger partial charge in [-0.3, -0.25) is 9.59 Å². The van der Waals surface area contributed by atoms with Crippen molar-refractivity contribution >= 4 is 17.5 Å². The molecule has 1 aromatic rings. The molecule has 0 bridgehead atoms. The summed E-state index contributed by atoms with van der Waals surface area (Å²) in [5, 5.41) is 0. The smallest absolute Gasteiger partial charge is 0.234 e. The average molecular weight is 219 g/mol. The Morgan fingerprint density at radius 3 is 2.44 bits per heavy atom. The molecule has 2 rings (SSSR count). The van der Waals surface area contributed by atoms with Gasteiger partial charge < -0.3 is 4.74 Å². The third-order valence-corrected chi connectivity index (χ3v) is 2.46. The monoisotopic (exact) mass is 219 g/mol. The van der Waals surface area contributed by atoms with Gasteiger partial charge in [0.25, 0.3) is 0 Å². The molecule has 1 heterocycles. The van der Waals surface area contributed by atoms with E-state index in [2.05, 4.69) is 0 Å². The number of hydrogen-bond donors (Lipinski definition) is 0. The number of nitrogens with zero attached hydrogens (tertiary/aromatic N) is 1. The standard InChI is InChI=1S/C12H13NO3/c1-2-16-10-6-4-3-5-9(10)13-11(14)7-8-12(13)15/h3-6H,2,7-8H2,1H3. The summed E-state index contributed by atoms with van der Waals surface area (Å²) in [6.07, 6.45) is 0.582. The van der Waals surface area contributed by atoms with Crippen molar-refractivity contribution in [2.24, 2.45) is 0 Å². The fraction of sp³-hybridized carbons (Fsp3) is 0.333. The van der Waals surface area contributed by atoms with Crippen LogP contribution in [0.15, 0.2) is 24.3 Å². The Bertz CT molecular complexity index is 412. The van der Waals surface area contributed by atoms with Gasteiger partial charge in [0.15, 0.2) is 0 Å². The van der Waals surface area contributed by atoms with E-state index in [1.807, 2.05) is 13.0 Å². The maximum Gasteiger partial charge on any atom is 0.234 e. The summed E-state index contributed by atoms with van der Waals surface area (Å²) in [6.45, 7) is 2.37. The van der Waals surface area contributed by atoms with E-state index >= 15 is 0 Å². The summed E-state index contributed by atoms with van der Waals surface area (Å²) in [4.78, 5) is 24.4. The molecule has 0 aliphatic carbocycles. The van der Waals surface area contributed by atoms with Gasteiger partial charge in [-0.25, -0.2) is 4.90 Å². The Hall–Kier alpha value is -1.84. The van der Waals surface area contributed by atoms with Crippen LogP contribution in [0.25, 0.3) is 0 Å². The van der Waals surface area contributed by atoms with Crippen LogP contribution in [0.4, 0.5) is 5.69 Å². The van der Waals surface area contributed by atoms with Crippen LogP contribution in [0.5, 0.6) is 5.75 Å². The van der Waals surface area contributed by atoms with Crippen molar-refractivity contribution in [2.75, 3.05) is 11.5 Å². The Balaban J connectivity index is 2.38. The zero-order chi connectivity index (χ0) is 11.5. The Kier molecular flexibility index (Phi) is 2.90. The van der Waals surface area contributed by atoms with Crippen molar-refractivity contribution in [2.45, 2.75) is 19.8 Å². The molecule has 1 aliphatic heterocycles. The number of rotatable bonds is 3. The van der Waals surface area contributed by atoms with Gasteiger partial charge >= 0.3 is 0 Å². The molecule has 0 atom stereocenters. The zero-order valence-corrected chi connectivity index (χ0v) is 9.10. The molecule has 0 unspecified atom stereocenters. The molecule has 0 radical (unpaired) electrons. The zero-order valence-electron chi connectivity index (χ0n) is 9.10. The highest BCUT2D eigenvalue weighted by molar-refractivity contribution is 6.20. The predicted molar refractivity (Wildman–Crippen MR) is 59.3 cm³/mol. The van der Waals surface area contributed by atoms with Gasteiger partial charge in [-0.05, 0) is 19.1 Å². The first kappa shape index (κ1) is 10.7. The largest absolute Gasteiger partial charge is 0.492 e. The van der Waals surface area contributed by atoms with Crippen LogP contribution in [0.1, 0.15) is 19.8 Å². The molecule has 4 heteroatoms. The first-order chi connectivity index (χ1) is 7.74. The predicted octanol–water partition coefficient (Wildman–Crippen LogP) is 1.74. The first-order valence-corrected chi connectivity index (χ1v) is 5.31. The topological polar surface area (TPSA) is 46.6 Å². The molecule has 1 saturated heterocycles. The summed E-state index contributed by atoms with van der Waals surface area (Å²) in [5.74, 6) is 0.267. The number of anilines is 1. The minimum atomic E-state index is -0.155. The molecular weight excluding hydrogens is 206 g/mol. The van der Waals surface area contributed by atoms with Crippen LogP contribution in [0.3, 0.4) is 0 Å². The van der Waals surface area contributed by atoms with Crippen molar-refractivity contribution in [3.8, 4) is 5.75 Å². The van der Waals surface area contributed by atoms with E-state index in [1.165, 1.54) is 4.90 Å². The second-order valence-electron chi connectivity index (χ2n) is 3.52. The van der Waals surface area contributed by atoms with E-state index in [-0.39, 0.29) is 11.8 Å². The van der Waals surface area contributed by atoms with Gasteiger partial charge in [0.1, 0.15) is 5.75 Å². The molecule has 4 nitrogen and oxygen atoms in total. The number of imide groups is 1. The fourth-order valence-electron chi connectivity index (χ4n) is 1.76. The molecule has 16 heavy (non-hydrogen) atoms. The minimum absolute atomic E-state index is 0.155. The van der Waals surface area contributed by atoms with E-state index in [4.69, 9.17) is 4.74 Å². The number of para-hydroxylation sites is 2. The number of benzene rings is 1. The molecular formula is C12H13NO3. The lowest BCUT2D eigenvalue weighted by Gasteiger charge is -2.17. The summed E-state index contributed by atoms with van der Waals surface area (Å²) >= 11 is 0. The second-order valence-corrected chi connectivity index (χ2v) is 3.52. The van der Waals surface area contributed by atoms with Crippen LogP contribution in [-0.4, -0.2) is 18.4 Å². The van der Waals surface area contributed by atoms with Gasteiger partial charge in [-0.1, -0.05) is 12.1 Å². The molecule has 1 fully saturated rings. The van der Waals surface area contributed by atoms with Crippen LogP contribution >= 0.6 is 0 Å². The fourth-order valence-corrected chi connectivity index (χ4v) is 1.76. The molecule has 0 spiro atoms. The van der Waals surface area contributed by atoms with Crippen molar-refractivity contribution in [3.05, 3.63) is 24.3 Å². The Labute approximate surface area is 93.8 Å². The number of hydrogen-bond acceptors (Lipinski definition) is 3. The maximum absolute atomic E-state index is 11.6. The minimum Gasteiger partial charge on any atom is -0.492 e. The quantitative estimate of drug-likeness (QED) is 0.727. The van der Waals surface area contributed by atoms with E-state index in [1.54, 1.807) is 18.2 Å². The van der Waals surface area contributed by atoms with Crippen molar-refractivity contribution in [3.63, 3.8) is 0 Å². The second kappa shape index (κ2) is 4.35. The van der Waals surface area contributed by atoms with Crippen LogP contribution in [-0.2, 0) is 9.59 Å². The Morgan fingerprint density at radius 2 is 1.81 bits per heavy atom. The van der Waals surface area contributed by atoms with Gasteiger partial charge in [0, 0.05) is 12.8 Å². The average Bonchev–Trinajstić information content (AvgIpc) is 2.60. The first-order valence-electron chi connectivity index (χ1n) is 5.31. The summed E-state index contributed by atoms with van der Waals surface area (Å²) in [5.41, 5.74) is 0.553. The lowest BCUT2D eigenvalue weighted by atomic mass is 10.2. The lowest BCUT2D eigenvalue weighted by Crippen LogP contribution is -2.29. The van der Waals surface area contributed by atoms with E-state index in [0.29, 0.717) is 30.9 Å². The van der Waals surface area contributed by atoms with Gasteiger partial charge in [-0.15, -0.1) is 0 Å². The molecule has 2 amide bonds. The molecule has 0 aromatic heterocycles. The summed E-state index contributed by atoms with van der Waals surface area (Å²) in [7, 11) is 0. The molecule has 1 aliphatic rings. The number of ether oxygens (including phenoxy) is 1. The Morgan fingerprint density at radius 1 is 1.19 bits per heavy atom. The highest BCUT2D eigenvalue weighted by Crippen LogP contribution is 2.31.